The van der Waals surface area contributed by atoms with E-state index >= 15 is 0 Å². The fourth-order valence-electron chi connectivity index (χ4n) is 1.17. The molecule has 3 heteroatoms. The van der Waals surface area contributed by atoms with Crippen molar-refractivity contribution < 1.29 is 0 Å². The molecule has 82 valence electrons. The zero-order valence-electron chi connectivity index (χ0n) is 9.91. The molecule has 0 radical (unpaired) electrons. The molecule has 0 aromatic carbocycles. The van der Waals surface area contributed by atoms with E-state index in [1.165, 1.54) is 6.42 Å². The number of hydrogen-bond donors (Lipinski definition) is 1. The molecule has 0 saturated carbocycles. The maximum Gasteiger partial charge on any atom is 0.0684 e. The van der Waals surface area contributed by atoms with Crippen LogP contribution in [0.3, 0.4) is 0 Å². The Morgan fingerprint density at radius 2 is 1.93 bits per heavy atom. The van der Waals surface area contributed by atoms with E-state index in [1.54, 1.807) is 6.20 Å². The van der Waals surface area contributed by atoms with Crippen LogP contribution in [0, 0.1) is 0 Å². The summed E-state index contributed by atoms with van der Waals surface area (Å²) in [5, 5.41) is 7.93. The highest BCUT2D eigenvalue weighted by Crippen LogP contribution is 2.15. The van der Waals surface area contributed by atoms with Crippen LogP contribution >= 0.6 is 0 Å². The molecule has 0 aliphatic carbocycles. The molecule has 15 heavy (non-hydrogen) atoms. The first-order valence-corrected chi connectivity index (χ1v) is 5.48. The van der Waals surface area contributed by atoms with Crippen LogP contribution in [0.15, 0.2) is 18.5 Å². The van der Waals surface area contributed by atoms with Crippen LogP contribution in [-0.4, -0.2) is 15.2 Å². The van der Waals surface area contributed by atoms with Crippen LogP contribution < -0.4 is 0 Å². The van der Waals surface area contributed by atoms with E-state index in [9.17, 15) is 0 Å². The standard InChI is InChI=1S/C9H11N3.C3H8/c1-6(2)8-3-9-7(4-10-8)5-11-12-9;1-3-2/h3-6H,1-2H3,(H,11,12);3H2,1-2H3. The minimum Gasteiger partial charge on any atom is -0.278 e. The summed E-state index contributed by atoms with van der Waals surface area (Å²) in [7, 11) is 0. The lowest BCUT2D eigenvalue weighted by atomic mass is 10.1. The van der Waals surface area contributed by atoms with Crippen molar-refractivity contribution in [2.24, 2.45) is 0 Å². The van der Waals surface area contributed by atoms with Crippen molar-refractivity contribution in [3.05, 3.63) is 24.2 Å². The molecule has 0 aliphatic rings. The highest BCUT2D eigenvalue weighted by atomic mass is 15.1. The third-order valence-corrected chi connectivity index (χ3v) is 1.94. The number of hydrogen-bond acceptors (Lipinski definition) is 2. The largest absolute Gasteiger partial charge is 0.278 e. The van der Waals surface area contributed by atoms with Crippen molar-refractivity contribution in [2.45, 2.75) is 40.0 Å². The van der Waals surface area contributed by atoms with Crippen molar-refractivity contribution >= 4 is 10.9 Å². The average molecular weight is 205 g/mol. The fourth-order valence-corrected chi connectivity index (χ4v) is 1.17. The third kappa shape index (κ3) is 3.05. The summed E-state index contributed by atoms with van der Waals surface area (Å²) in [4.78, 5) is 4.32. The van der Waals surface area contributed by atoms with Crippen LogP contribution in [0.5, 0.6) is 0 Å². The van der Waals surface area contributed by atoms with Crippen LogP contribution in [0.25, 0.3) is 10.9 Å². The first kappa shape index (κ1) is 11.7. The predicted molar refractivity (Wildman–Crippen MR) is 63.9 cm³/mol. The summed E-state index contributed by atoms with van der Waals surface area (Å²) < 4.78 is 0. The molecule has 2 heterocycles. The SMILES string of the molecule is CC(C)c1cc2[nH]ncc2cn1.CCC. The average Bonchev–Trinajstić information content (AvgIpc) is 2.65. The molecule has 2 aromatic rings. The topological polar surface area (TPSA) is 41.6 Å². The lowest BCUT2D eigenvalue weighted by Gasteiger charge is -2.02. The minimum atomic E-state index is 0.470. The van der Waals surface area contributed by atoms with Gasteiger partial charge in [-0.15, -0.1) is 0 Å². The van der Waals surface area contributed by atoms with E-state index in [-0.39, 0.29) is 0 Å². The molecule has 0 fully saturated rings. The molecule has 0 aliphatic heterocycles. The number of rotatable bonds is 1. The highest BCUT2D eigenvalue weighted by molar-refractivity contribution is 5.76. The molecule has 3 nitrogen and oxygen atoms in total. The van der Waals surface area contributed by atoms with Crippen LogP contribution in [0.4, 0.5) is 0 Å². The van der Waals surface area contributed by atoms with Gasteiger partial charge in [-0.2, -0.15) is 5.10 Å². The van der Waals surface area contributed by atoms with Crippen molar-refractivity contribution in [3.8, 4) is 0 Å². The molecule has 0 bridgehead atoms. The molecule has 0 atom stereocenters. The van der Waals surface area contributed by atoms with Gasteiger partial charge in [0.2, 0.25) is 0 Å². The van der Waals surface area contributed by atoms with Crippen LogP contribution in [-0.2, 0) is 0 Å². The first-order chi connectivity index (χ1) is 7.19. The Morgan fingerprint density at radius 3 is 2.53 bits per heavy atom. The van der Waals surface area contributed by atoms with E-state index in [1.807, 2.05) is 12.3 Å². The van der Waals surface area contributed by atoms with Gasteiger partial charge in [-0.05, 0) is 12.0 Å². The zero-order chi connectivity index (χ0) is 11.3. The second-order valence-corrected chi connectivity index (χ2v) is 3.93. The van der Waals surface area contributed by atoms with Crippen molar-refractivity contribution in [3.63, 3.8) is 0 Å². The minimum absolute atomic E-state index is 0.470. The lowest BCUT2D eigenvalue weighted by Crippen LogP contribution is -1.90. The smallest absolute Gasteiger partial charge is 0.0684 e. The van der Waals surface area contributed by atoms with Gasteiger partial charge in [0, 0.05) is 17.3 Å². The number of nitrogens with zero attached hydrogens (tertiary/aromatic N) is 2. The number of aromatic amines is 1. The van der Waals surface area contributed by atoms with E-state index in [4.69, 9.17) is 0 Å². The Balaban J connectivity index is 0.000000337. The molecule has 0 amide bonds. The number of pyridine rings is 1. The van der Waals surface area contributed by atoms with Crippen molar-refractivity contribution in [2.75, 3.05) is 0 Å². The second-order valence-electron chi connectivity index (χ2n) is 3.93. The highest BCUT2D eigenvalue weighted by Gasteiger charge is 2.02. The van der Waals surface area contributed by atoms with Gasteiger partial charge in [-0.1, -0.05) is 34.1 Å². The Bertz CT molecular complexity index is 404. The van der Waals surface area contributed by atoms with Gasteiger partial charge in [0.25, 0.3) is 0 Å². The van der Waals surface area contributed by atoms with Gasteiger partial charge in [-0.25, -0.2) is 0 Å². The van der Waals surface area contributed by atoms with Crippen LogP contribution in [0.1, 0.15) is 45.7 Å². The Labute approximate surface area is 90.9 Å². The number of H-pyrrole nitrogens is 1. The normalized spacial score (nSPS) is 10.2. The molecule has 0 saturated heterocycles. The van der Waals surface area contributed by atoms with E-state index < -0.39 is 0 Å². The molecule has 0 spiro atoms. The number of nitrogens with one attached hydrogen (secondary N) is 1. The van der Waals surface area contributed by atoms with Crippen LogP contribution in [0.2, 0.25) is 0 Å². The van der Waals surface area contributed by atoms with Crippen molar-refractivity contribution in [1.82, 2.24) is 15.2 Å². The lowest BCUT2D eigenvalue weighted by molar-refractivity contribution is 0.826. The van der Waals surface area contributed by atoms with Gasteiger partial charge < -0.3 is 0 Å². The summed E-state index contributed by atoms with van der Waals surface area (Å²) in [6.07, 6.45) is 4.89. The second kappa shape index (κ2) is 5.49. The van der Waals surface area contributed by atoms with E-state index in [0.717, 1.165) is 16.6 Å². The van der Waals surface area contributed by atoms with E-state index in [2.05, 4.69) is 42.9 Å². The fraction of sp³-hybridized carbons (Fsp3) is 0.500. The summed E-state index contributed by atoms with van der Waals surface area (Å²) >= 11 is 0. The Morgan fingerprint density at radius 1 is 1.27 bits per heavy atom. The first-order valence-electron chi connectivity index (χ1n) is 5.48. The maximum atomic E-state index is 4.32. The summed E-state index contributed by atoms with van der Waals surface area (Å²) in [5.74, 6) is 0.470. The molecule has 2 aromatic heterocycles. The van der Waals surface area contributed by atoms with Gasteiger partial charge in [0.1, 0.15) is 0 Å². The number of aromatic nitrogens is 3. The summed E-state index contributed by atoms with van der Waals surface area (Å²) in [5.41, 5.74) is 2.17. The zero-order valence-corrected chi connectivity index (χ0v) is 9.91. The van der Waals surface area contributed by atoms with Gasteiger partial charge in [0.15, 0.2) is 0 Å². The van der Waals surface area contributed by atoms with Gasteiger partial charge in [-0.3, -0.25) is 10.1 Å². The quantitative estimate of drug-likeness (QED) is 0.774. The predicted octanol–water partition coefficient (Wildman–Crippen LogP) is 3.50. The summed E-state index contributed by atoms with van der Waals surface area (Å²) in [6.45, 7) is 8.51. The molecule has 2 rings (SSSR count). The number of fused-ring (bicyclic) bond motifs is 1. The molecule has 0 unspecified atom stereocenters. The van der Waals surface area contributed by atoms with Crippen molar-refractivity contribution in [1.29, 1.82) is 0 Å². The molecule has 1 N–H and O–H groups in total. The molecular formula is C12H19N3. The maximum absolute atomic E-state index is 4.32. The van der Waals surface area contributed by atoms with Gasteiger partial charge in [0.05, 0.1) is 11.7 Å². The van der Waals surface area contributed by atoms with Gasteiger partial charge >= 0.3 is 0 Å². The van der Waals surface area contributed by atoms with E-state index in [0.29, 0.717) is 5.92 Å². The third-order valence-electron chi connectivity index (χ3n) is 1.94. The molecular weight excluding hydrogens is 186 g/mol. The Hall–Kier alpha value is -1.38. The Kier molecular flexibility index (Phi) is 4.28. The monoisotopic (exact) mass is 205 g/mol. The summed E-state index contributed by atoms with van der Waals surface area (Å²) in [6, 6.07) is 2.05.